The lowest BCUT2D eigenvalue weighted by Gasteiger charge is -2.12. The van der Waals surface area contributed by atoms with Crippen LogP contribution >= 0.6 is 15.6 Å². The van der Waals surface area contributed by atoms with Gasteiger partial charge in [-0.3, -0.25) is 4.52 Å². The van der Waals surface area contributed by atoms with Crippen LogP contribution in [0.5, 0.6) is 0 Å². The molecular formula is C8H10O9P2. The first-order valence-electron chi connectivity index (χ1n) is 4.65. The summed E-state index contributed by atoms with van der Waals surface area (Å²) in [6.45, 7) is -0.547. The third-order valence-corrected chi connectivity index (χ3v) is 3.91. The third-order valence-electron chi connectivity index (χ3n) is 1.78. The van der Waals surface area contributed by atoms with E-state index in [9.17, 15) is 13.9 Å². The zero-order valence-corrected chi connectivity index (χ0v) is 11.0. The highest BCUT2D eigenvalue weighted by Crippen LogP contribution is 2.57. The molecular weight excluding hydrogens is 302 g/mol. The second-order valence-corrected chi connectivity index (χ2v) is 6.15. The van der Waals surface area contributed by atoms with Gasteiger partial charge in [0.25, 0.3) is 0 Å². The van der Waals surface area contributed by atoms with E-state index >= 15 is 0 Å². The molecule has 4 N–H and O–H groups in total. The Balaban J connectivity index is 2.71. The molecule has 19 heavy (non-hydrogen) atoms. The van der Waals surface area contributed by atoms with Gasteiger partial charge in [-0.05, 0) is 17.7 Å². The van der Waals surface area contributed by atoms with Gasteiger partial charge in [-0.25, -0.2) is 13.9 Å². The molecule has 1 unspecified atom stereocenters. The molecule has 0 spiro atoms. The zero-order chi connectivity index (χ0) is 14.7. The summed E-state index contributed by atoms with van der Waals surface area (Å²) in [5, 5.41) is 8.72. The van der Waals surface area contributed by atoms with Crippen molar-refractivity contribution in [2.24, 2.45) is 0 Å². The van der Waals surface area contributed by atoms with E-state index in [4.69, 9.17) is 19.8 Å². The van der Waals surface area contributed by atoms with Gasteiger partial charge in [-0.2, -0.15) is 4.31 Å². The summed E-state index contributed by atoms with van der Waals surface area (Å²) in [4.78, 5) is 36.4. The number of benzene rings is 1. The van der Waals surface area contributed by atoms with Crippen molar-refractivity contribution in [1.82, 2.24) is 0 Å². The molecule has 0 bridgehead atoms. The summed E-state index contributed by atoms with van der Waals surface area (Å²) >= 11 is 0. The molecule has 1 rings (SSSR count). The van der Waals surface area contributed by atoms with Crippen molar-refractivity contribution in [3.8, 4) is 0 Å². The lowest BCUT2D eigenvalue weighted by Crippen LogP contribution is -1.99. The van der Waals surface area contributed by atoms with Crippen LogP contribution in [0.15, 0.2) is 24.3 Å². The van der Waals surface area contributed by atoms with Crippen LogP contribution < -0.4 is 0 Å². The molecule has 0 aliphatic rings. The summed E-state index contributed by atoms with van der Waals surface area (Å²) < 4.78 is 29.4. The topological polar surface area (TPSA) is 151 Å². The average molecular weight is 312 g/mol. The van der Waals surface area contributed by atoms with Crippen LogP contribution in [0.2, 0.25) is 0 Å². The van der Waals surface area contributed by atoms with Crippen LogP contribution in [0.3, 0.4) is 0 Å². The molecule has 0 heterocycles. The molecule has 0 saturated carbocycles. The third kappa shape index (κ3) is 6.09. The molecule has 1 aromatic rings. The maximum absolute atomic E-state index is 11.1. The average Bonchev–Trinajstić information content (AvgIpc) is 2.24. The van der Waals surface area contributed by atoms with Gasteiger partial charge in [0.2, 0.25) is 0 Å². The first kappa shape index (κ1) is 16.0. The van der Waals surface area contributed by atoms with E-state index < -0.39 is 28.2 Å². The molecule has 0 radical (unpaired) electrons. The van der Waals surface area contributed by atoms with Gasteiger partial charge in [0.1, 0.15) is 0 Å². The van der Waals surface area contributed by atoms with Crippen molar-refractivity contribution in [2.75, 3.05) is 0 Å². The quantitative estimate of drug-likeness (QED) is 0.566. The Kier molecular flexibility index (Phi) is 5.00. The summed E-state index contributed by atoms with van der Waals surface area (Å²) in [5.41, 5.74) is 0.160. The van der Waals surface area contributed by atoms with Crippen molar-refractivity contribution >= 4 is 21.6 Å². The van der Waals surface area contributed by atoms with Gasteiger partial charge in [-0.15, -0.1) is 0 Å². The Morgan fingerprint density at radius 2 is 1.84 bits per heavy atom. The number of phosphoric acid groups is 2. The van der Waals surface area contributed by atoms with Crippen molar-refractivity contribution in [1.29, 1.82) is 0 Å². The largest absolute Gasteiger partial charge is 0.481 e. The number of aromatic carboxylic acids is 1. The van der Waals surface area contributed by atoms with E-state index in [0.717, 1.165) is 0 Å². The highest BCUT2D eigenvalue weighted by atomic mass is 31.3. The number of carbonyl (C=O) groups is 1. The second kappa shape index (κ2) is 5.94. The fraction of sp³-hybridized carbons (Fsp3) is 0.125. The molecule has 11 heteroatoms. The highest BCUT2D eigenvalue weighted by molar-refractivity contribution is 7.60. The molecule has 0 amide bonds. The van der Waals surface area contributed by atoms with Gasteiger partial charge in [-0.1, -0.05) is 12.1 Å². The Morgan fingerprint density at radius 3 is 2.37 bits per heavy atom. The van der Waals surface area contributed by atoms with Crippen LogP contribution in [0, 0.1) is 0 Å². The van der Waals surface area contributed by atoms with E-state index in [1.165, 1.54) is 24.3 Å². The lowest BCUT2D eigenvalue weighted by molar-refractivity contribution is 0.0696. The van der Waals surface area contributed by atoms with Gasteiger partial charge >= 0.3 is 21.6 Å². The zero-order valence-electron chi connectivity index (χ0n) is 9.24. The first-order valence-corrected chi connectivity index (χ1v) is 7.68. The highest BCUT2D eigenvalue weighted by Gasteiger charge is 2.32. The number of rotatable bonds is 6. The number of phosphoric ester groups is 1. The second-order valence-electron chi connectivity index (χ2n) is 3.32. The molecule has 1 aromatic carbocycles. The minimum absolute atomic E-state index is 0.0650. The maximum Gasteiger partial charge on any atom is 0.481 e. The van der Waals surface area contributed by atoms with Gasteiger partial charge in [0.05, 0.1) is 12.2 Å². The molecule has 106 valence electrons. The number of carboxylic acid groups (broad SMARTS) is 1. The van der Waals surface area contributed by atoms with E-state index in [0.29, 0.717) is 0 Å². The number of hydrogen-bond donors (Lipinski definition) is 4. The summed E-state index contributed by atoms with van der Waals surface area (Å²) in [6.07, 6.45) is 0. The van der Waals surface area contributed by atoms with E-state index in [2.05, 4.69) is 8.83 Å². The van der Waals surface area contributed by atoms with E-state index in [1.807, 2.05) is 0 Å². The van der Waals surface area contributed by atoms with Crippen LogP contribution in [-0.4, -0.2) is 25.8 Å². The van der Waals surface area contributed by atoms with Crippen molar-refractivity contribution in [3.05, 3.63) is 35.4 Å². The summed E-state index contributed by atoms with van der Waals surface area (Å²) in [5.74, 6) is -1.19. The van der Waals surface area contributed by atoms with Gasteiger partial charge in [0, 0.05) is 0 Å². The number of hydrogen-bond acceptors (Lipinski definition) is 5. The smallest absolute Gasteiger partial charge is 0.478 e. The molecule has 0 aliphatic carbocycles. The minimum atomic E-state index is -5.17. The SMILES string of the molecule is O=C(O)c1cccc(COP(=O)(O)OP(=O)(O)O)c1. The fourth-order valence-corrected chi connectivity index (χ4v) is 2.68. The van der Waals surface area contributed by atoms with Crippen LogP contribution in [0.4, 0.5) is 0 Å². The normalized spacial score (nSPS) is 14.9. The molecule has 0 aromatic heterocycles. The van der Waals surface area contributed by atoms with Gasteiger partial charge in [0.15, 0.2) is 0 Å². The van der Waals surface area contributed by atoms with E-state index in [1.54, 1.807) is 0 Å². The Bertz CT molecular complexity index is 563. The standard InChI is InChI=1S/C8H10O9P2/c9-8(10)7-3-1-2-6(4-7)5-16-19(14,15)17-18(11,12)13/h1-4H,5H2,(H,9,10)(H,14,15)(H2,11,12,13). The molecule has 1 atom stereocenters. The lowest BCUT2D eigenvalue weighted by atomic mass is 10.1. The van der Waals surface area contributed by atoms with Crippen molar-refractivity contribution < 1.29 is 42.5 Å². The Hall–Kier alpha value is -1.05. The minimum Gasteiger partial charge on any atom is -0.478 e. The van der Waals surface area contributed by atoms with Gasteiger partial charge < -0.3 is 19.8 Å². The molecule has 0 saturated heterocycles. The maximum atomic E-state index is 11.1. The molecule has 9 nitrogen and oxygen atoms in total. The van der Waals surface area contributed by atoms with Crippen LogP contribution in [0.25, 0.3) is 0 Å². The first-order chi connectivity index (χ1) is 8.59. The molecule has 0 fully saturated rings. The predicted octanol–water partition coefficient (Wildman–Crippen LogP) is 1.11. The van der Waals surface area contributed by atoms with Crippen LogP contribution in [-0.2, 0) is 24.6 Å². The predicted molar refractivity (Wildman–Crippen MR) is 61.1 cm³/mol. The Labute approximate surface area is 107 Å². The monoisotopic (exact) mass is 312 g/mol. The van der Waals surface area contributed by atoms with E-state index in [-0.39, 0.29) is 11.1 Å². The Morgan fingerprint density at radius 1 is 1.21 bits per heavy atom. The fourth-order valence-electron chi connectivity index (χ4n) is 1.11. The summed E-state index contributed by atoms with van der Waals surface area (Å²) in [7, 11) is -10.1. The summed E-state index contributed by atoms with van der Waals surface area (Å²) in [6, 6.07) is 5.27. The van der Waals surface area contributed by atoms with Crippen molar-refractivity contribution in [2.45, 2.75) is 6.61 Å². The molecule has 0 aliphatic heterocycles. The van der Waals surface area contributed by atoms with Crippen LogP contribution in [0.1, 0.15) is 15.9 Å². The van der Waals surface area contributed by atoms with Crippen molar-refractivity contribution in [3.63, 3.8) is 0 Å². The number of carboxylic acids is 1.